The number of thiazole rings is 1. The Hall–Kier alpha value is -2.83. The number of likely N-dealkylation sites (tertiary alicyclic amines) is 1. The minimum Gasteiger partial charge on any atom is -0.384 e. The molecule has 0 radical (unpaired) electrons. The highest BCUT2D eigenvalue weighted by Gasteiger charge is 2.41. The number of nitrogens with one attached hydrogen (secondary N) is 2. The van der Waals surface area contributed by atoms with Crippen molar-refractivity contribution in [3.63, 3.8) is 0 Å². The lowest BCUT2D eigenvalue weighted by Gasteiger charge is -2.48. The van der Waals surface area contributed by atoms with Gasteiger partial charge in [-0.1, -0.05) is 0 Å². The van der Waals surface area contributed by atoms with Gasteiger partial charge in [-0.25, -0.2) is 9.97 Å². The van der Waals surface area contributed by atoms with Gasteiger partial charge in [-0.2, -0.15) is 13.2 Å². The first-order chi connectivity index (χ1) is 16.7. The van der Waals surface area contributed by atoms with Gasteiger partial charge in [0.2, 0.25) is 5.91 Å². The van der Waals surface area contributed by atoms with E-state index in [1.165, 1.54) is 23.7 Å². The third-order valence-corrected chi connectivity index (χ3v) is 7.81. The molecule has 1 aliphatic carbocycles. The molecule has 2 aromatic heterocycles. The summed E-state index contributed by atoms with van der Waals surface area (Å²) in [6.07, 6.45) is 1.68. The van der Waals surface area contributed by atoms with Crippen LogP contribution in [0.25, 0.3) is 10.9 Å². The maximum absolute atomic E-state index is 13.1. The number of hydrogen-bond donors (Lipinski definition) is 3. The number of carbonyl (C=O) groups excluding carboxylic acids is 1. The smallest absolute Gasteiger partial charge is 0.384 e. The number of rotatable bonds is 6. The van der Waals surface area contributed by atoms with Crippen LogP contribution in [-0.4, -0.2) is 62.6 Å². The molecule has 35 heavy (non-hydrogen) atoms. The van der Waals surface area contributed by atoms with E-state index in [1.54, 1.807) is 11.7 Å². The summed E-state index contributed by atoms with van der Waals surface area (Å²) in [7, 11) is 0. The molecule has 1 saturated heterocycles. The van der Waals surface area contributed by atoms with Crippen molar-refractivity contribution >= 4 is 34.0 Å². The molecule has 8 nitrogen and oxygen atoms in total. The van der Waals surface area contributed by atoms with Crippen molar-refractivity contribution in [1.29, 1.82) is 0 Å². The van der Waals surface area contributed by atoms with E-state index in [2.05, 4.69) is 30.5 Å². The molecular formula is C23H25F3N6O2S. The number of fused-ring (bicyclic) bond motifs is 1. The summed E-state index contributed by atoms with van der Waals surface area (Å²) in [5.41, 5.74) is 0.521. The number of alkyl halides is 3. The topological polar surface area (TPSA) is 103 Å². The van der Waals surface area contributed by atoms with E-state index < -0.39 is 17.3 Å². The maximum Gasteiger partial charge on any atom is 0.416 e. The van der Waals surface area contributed by atoms with Crippen LogP contribution in [0.1, 0.15) is 36.1 Å². The van der Waals surface area contributed by atoms with E-state index >= 15 is 0 Å². The molecule has 0 atom stereocenters. The van der Waals surface area contributed by atoms with Gasteiger partial charge >= 0.3 is 6.18 Å². The molecule has 186 valence electrons. The highest BCUT2D eigenvalue weighted by atomic mass is 32.1. The van der Waals surface area contributed by atoms with E-state index in [0.29, 0.717) is 24.4 Å². The molecule has 12 heteroatoms. The molecule has 0 bridgehead atoms. The summed E-state index contributed by atoms with van der Waals surface area (Å²) >= 11 is 1.48. The van der Waals surface area contributed by atoms with Crippen LogP contribution >= 0.6 is 11.3 Å². The van der Waals surface area contributed by atoms with Gasteiger partial charge in [0.15, 0.2) is 0 Å². The van der Waals surface area contributed by atoms with Gasteiger partial charge in [0.05, 0.1) is 34.1 Å². The number of amides is 1. The SMILES string of the molecule is O=C(CNc1ncnc2ccc(C(F)(F)F)cc12)NC1CN(C2CCC(O)(c3cncs3)CC2)C1. The van der Waals surface area contributed by atoms with Gasteiger partial charge in [-0.05, 0) is 43.9 Å². The number of hydrogen-bond acceptors (Lipinski definition) is 8. The summed E-state index contributed by atoms with van der Waals surface area (Å²) < 4.78 is 39.2. The van der Waals surface area contributed by atoms with Gasteiger partial charge < -0.3 is 15.7 Å². The molecule has 1 amide bonds. The fourth-order valence-electron chi connectivity index (χ4n) is 4.86. The Balaban J connectivity index is 1.10. The molecule has 3 heterocycles. The van der Waals surface area contributed by atoms with Crippen LogP contribution in [0.5, 0.6) is 0 Å². The number of aliphatic hydroxyl groups is 1. The van der Waals surface area contributed by atoms with Gasteiger partial charge in [-0.3, -0.25) is 14.7 Å². The van der Waals surface area contributed by atoms with Crippen LogP contribution in [0.2, 0.25) is 0 Å². The minimum absolute atomic E-state index is 0.0191. The van der Waals surface area contributed by atoms with Gasteiger partial charge in [0.25, 0.3) is 0 Å². The molecule has 3 aromatic rings. The van der Waals surface area contributed by atoms with Crippen molar-refractivity contribution in [2.75, 3.05) is 25.0 Å². The number of anilines is 1. The van der Waals surface area contributed by atoms with Crippen molar-refractivity contribution in [2.45, 2.75) is 49.5 Å². The largest absolute Gasteiger partial charge is 0.416 e. The molecule has 1 saturated carbocycles. The fourth-order valence-corrected chi connectivity index (χ4v) is 5.64. The zero-order valence-electron chi connectivity index (χ0n) is 18.8. The van der Waals surface area contributed by atoms with Crippen LogP contribution in [0, 0.1) is 0 Å². The fraction of sp³-hybridized carbons (Fsp3) is 0.478. The molecule has 2 fully saturated rings. The summed E-state index contributed by atoms with van der Waals surface area (Å²) in [4.78, 5) is 27.8. The molecule has 3 N–H and O–H groups in total. The standard InChI is InChI=1S/C23H25F3N6O2S/c24-23(25,26)14-1-2-18-17(7-14)21(30-12-29-18)28-9-20(33)31-15-10-32(11-15)16-3-5-22(34,6-4-16)19-8-27-13-35-19/h1-2,7-8,12-13,15-16,34H,3-6,9-11H2,(H,31,33)(H,28,29,30). The Morgan fingerprint density at radius 2 is 2.00 bits per heavy atom. The first-order valence-electron chi connectivity index (χ1n) is 11.4. The lowest BCUT2D eigenvalue weighted by Crippen LogP contribution is -2.63. The highest BCUT2D eigenvalue weighted by molar-refractivity contribution is 7.09. The van der Waals surface area contributed by atoms with Crippen molar-refractivity contribution in [1.82, 2.24) is 25.2 Å². The monoisotopic (exact) mass is 506 g/mol. The first-order valence-corrected chi connectivity index (χ1v) is 12.3. The second kappa shape index (κ2) is 9.32. The molecule has 1 aromatic carbocycles. The maximum atomic E-state index is 13.1. The third kappa shape index (κ3) is 5.09. The molecule has 0 unspecified atom stereocenters. The number of carbonyl (C=O) groups is 1. The van der Waals surface area contributed by atoms with Crippen LogP contribution < -0.4 is 10.6 Å². The first kappa shape index (κ1) is 23.9. The summed E-state index contributed by atoms with van der Waals surface area (Å²) in [5, 5.41) is 16.9. The number of nitrogens with zero attached hydrogens (tertiary/aromatic N) is 4. The second-order valence-electron chi connectivity index (χ2n) is 9.15. The molecule has 2 aliphatic rings. The van der Waals surface area contributed by atoms with Gasteiger partial charge in [-0.15, -0.1) is 11.3 Å². The van der Waals surface area contributed by atoms with E-state index in [1.807, 2.05) is 0 Å². The Morgan fingerprint density at radius 1 is 1.23 bits per heavy atom. The molecule has 5 rings (SSSR count). The van der Waals surface area contributed by atoms with Gasteiger partial charge in [0.1, 0.15) is 17.7 Å². The van der Waals surface area contributed by atoms with Crippen molar-refractivity contribution < 1.29 is 23.1 Å². The number of aromatic nitrogens is 3. The number of benzene rings is 1. The zero-order chi connectivity index (χ0) is 24.6. The lowest BCUT2D eigenvalue weighted by molar-refractivity contribution is -0.137. The summed E-state index contributed by atoms with van der Waals surface area (Å²) in [6.45, 7) is 1.37. The minimum atomic E-state index is -4.48. The Labute approximate surface area is 203 Å². The molecule has 1 aliphatic heterocycles. The summed E-state index contributed by atoms with van der Waals surface area (Å²) in [5.74, 6) is -0.0706. The molecular weight excluding hydrogens is 481 g/mol. The van der Waals surface area contributed by atoms with E-state index in [9.17, 15) is 23.1 Å². The van der Waals surface area contributed by atoms with Crippen LogP contribution in [-0.2, 0) is 16.6 Å². The van der Waals surface area contributed by atoms with Crippen LogP contribution in [0.3, 0.4) is 0 Å². The third-order valence-electron chi connectivity index (χ3n) is 6.84. The van der Waals surface area contributed by atoms with E-state index in [4.69, 9.17) is 0 Å². The van der Waals surface area contributed by atoms with E-state index in [0.717, 1.165) is 42.9 Å². The second-order valence-corrected chi connectivity index (χ2v) is 10.0. The predicted octanol–water partition coefficient (Wildman–Crippen LogP) is 3.15. The lowest BCUT2D eigenvalue weighted by atomic mass is 9.80. The van der Waals surface area contributed by atoms with Crippen LogP contribution in [0.15, 0.2) is 36.2 Å². The van der Waals surface area contributed by atoms with Crippen molar-refractivity contribution in [2.24, 2.45) is 0 Å². The average Bonchev–Trinajstić information content (AvgIpc) is 3.36. The number of halogens is 3. The van der Waals surface area contributed by atoms with Crippen LogP contribution in [0.4, 0.5) is 19.0 Å². The Kier molecular flexibility index (Phi) is 6.36. The van der Waals surface area contributed by atoms with Crippen molar-refractivity contribution in [3.05, 3.63) is 46.7 Å². The van der Waals surface area contributed by atoms with Crippen molar-refractivity contribution in [3.8, 4) is 0 Å². The Bertz CT molecular complexity index is 1190. The van der Waals surface area contributed by atoms with E-state index in [-0.39, 0.29) is 29.7 Å². The molecule has 0 spiro atoms. The average molecular weight is 507 g/mol. The summed E-state index contributed by atoms with van der Waals surface area (Å²) in [6, 6.07) is 3.65. The van der Waals surface area contributed by atoms with Gasteiger partial charge in [0, 0.05) is 30.7 Å². The quantitative estimate of drug-likeness (QED) is 0.472. The Morgan fingerprint density at radius 3 is 2.69 bits per heavy atom. The highest BCUT2D eigenvalue weighted by Crippen LogP contribution is 2.40. The zero-order valence-corrected chi connectivity index (χ0v) is 19.6. The predicted molar refractivity (Wildman–Crippen MR) is 125 cm³/mol. The normalized spacial score (nSPS) is 23.7.